The van der Waals surface area contributed by atoms with Crippen LogP contribution in [0.2, 0.25) is 0 Å². The quantitative estimate of drug-likeness (QED) is 0.783. The molecule has 1 heterocycles. The Kier molecular flexibility index (Phi) is 3.82. The number of rotatable bonds is 2. The van der Waals surface area contributed by atoms with E-state index in [4.69, 9.17) is 12.2 Å². The van der Waals surface area contributed by atoms with Gasteiger partial charge in [-0.15, -0.1) is 0 Å². The van der Waals surface area contributed by atoms with E-state index in [9.17, 15) is 9.50 Å². The van der Waals surface area contributed by atoms with Gasteiger partial charge in [0.15, 0.2) is 5.11 Å². The summed E-state index contributed by atoms with van der Waals surface area (Å²) in [4.78, 5) is 1.94. The minimum absolute atomic E-state index is 0.202. The van der Waals surface area contributed by atoms with Gasteiger partial charge in [-0.1, -0.05) is 18.2 Å². The van der Waals surface area contributed by atoms with Gasteiger partial charge < -0.3 is 15.3 Å². The van der Waals surface area contributed by atoms with Gasteiger partial charge in [-0.05, 0) is 63.5 Å². The first-order valence-corrected chi connectivity index (χ1v) is 7.91. The zero-order valence-electron chi connectivity index (χ0n) is 11.8. The third kappa shape index (κ3) is 2.46. The van der Waals surface area contributed by atoms with Gasteiger partial charge in [0.25, 0.3) is 0 Å². The van der Waals surface area contributed by atoms with Crippen LogP contribution in [0.25, 0.3) is 0 Å². The van der Waals surface area contributed by atoms with Gasteiger partial charge in [-0.2, -0.15) is 0 Å². The predicted octanol–water partition coefficient (Wildman–Crippen LogP) is 3.36. The van der Waals surface area contributed by atoms with Crippen LogP contribution in [0.5, 0.6) is 5.75 Å². The summed E-state index contributed by atoms with van der Waals surface area (Å²) in [6.07, 6.45) is 0. The number of likely N-dealkylation sites (N-methyl/N-ethyl adjacent to an activating group) is 1. The fraction of sp³-hybridized carbons (Fsp3) is 0.188. The number of aromatic hydroxyl groups is 1. The predicted molar refractivity (Wildman–Crippen MR) is 91.4 cm³/mol. The summed E-state index contributed by atoms with van der Waals surface area (Å²) < 4.78 is 14.0. The fourth-order valence-electron chi connectivity index (χ4n) is 2.75. The molecule has 0 amide bonds. The van der Waals surface area contributed by atoms with Crippen LogP contribution in [-0.4, -0.2) is 28.7 Å². The Morgan fingerprint density at radius 3 is 2.41 bits per heavy atom. The van der Waals surface area contributed by atoms with Crippen molar-refractivity contribution in [2.45, 2.75) is 5.54 Å². The maximum Gasteiger partial charge on any atom is 0.169 e. The molecule has 3 rings (SSSR count). The second kappa shape index (κ2) is 5.52. The largest absolute Gasteiger partial charge is 0.508 e. The number of nitrogens with one attached hydrogen (secondary N) is 1. The zero-order valence-corrected chi connectivity index (χ0v) is 14.2. The summed E-state index contributed by atoms with van der Waals surface area (Å²) in [6.45, 7) is 0.620. The number of hydrogen-bond acceptors (Lipinski definition) is 2. The van der Waals surface area contributed by atoms with E-state index in [0.29, 0.717) is 16.1 Å². The lowest BCUT2D eigenvalue weighted by Crippen LogP contribution is -2.41. The van der Waals surface area contributed by atoms with E-state index < -0.39 is 5.54 Å². The molecule has 0 spiro atoms. The molecule has 6 heteroatoms. The number of thiocarbonyl (C=S) groups is 1. The van der Waals surface area contributed by atoms with Crippen LogP contribution in [0.1, 0.15) is 11.1 Å². The lowest BCUT2D eigenvalue weighted by Gasteiger charge is -2.30. The van der Waals surface area contributed by atoms with E-state index in [1.54, 1.807) is 24.3 Å². The second-order valence-corrected chi connectivity index (χ2v) is 6.61. The summed E-state index contributed by atoms with van der Waals surface area (Å²) in [5.41, 5.74) is 1.28. The summed E-state index contributed by atoms with van der Waals surface area (Å²) in [6, 6.07) is 11.9. The Hall–Kier alpha value is -1.66. The van der Waals surface area contributed by atoms with Gasteiger partial charge in [0.1, 0.15) is 17.1 Å². The summed E-state index contributed by atoms with van der Waals surface area (Å²) in [7, 11) is 1.91. The molecule has 2 aromatic rings. The van der Waals surface area contributed by atoms with Crippen molar-refractivity contribution in [2.24, 2.45) is 0 Å². The van der Waals surface area contributed by atoms with Crippen LogP contribution in [-0.2, 0) is 5.54 Å². The molecule has 0 bridgehead atoms. The molecule has 1 atom stereocenters. The molecule has 0 radical (unpaired) electrons. The molecule has 1 aliphatic rings. The molecule has 114 valence electrons. The average molecular weight is 381 g/mol. The van der Waals surface area contributed by atoms with Gasteiger partial charge in [0.05, 0.1) is 11.0 Å². The van der Waals surface area contributed by atoms with Crippen molar-refractivity contribution in [1.82, 2.24) is 10.2 Å². The standard InChI is InChI=1S/C16H14BrFN2OS/c1-20-9-16(19-15(20)22,10-2-5-12(21)6-3-10)11-4-7-14(18)13(17)8-11/h2-8,21H,9H2,1H3,(H,19,22). The van der Waals surface area contributed by atoms with Crippen molar-refractivity contribution < 1.29 is 9.50 Å². The molecule has 0 aliphatic carbocycles. The van der Waals surface area contributed by atoms with E-state index in [0.717, 1.165) is 11.1 Å². The number of benzene rings is 2. The maximum atomic E-state index is 13.6. The Labute approximate surface area is 141 Å². The lowest BCUT2D eigenvalue weighted by molar-refractivity contribution is 0.430. The first kappa shape index (κ1) is 15.2. The molecular weight excluding hydrogens is 367 g/mol. The number of hydrogen-bond donors (Lipinski definition) is 2. The minimum Gasteiger partial charge on any atom is -0.508 e. The van der Waals surface area contributed by atoms with Crippen molar-refractivity contribution in [3.63, 3.8) is 0 Å². The molecule has 1 unspecified atom stereocenters. The Morgan fingerprint density at radius 2 is 1.86 bits per heavy atom. The van der Waals surface area contributed by atoms with E-state index in [2.05, 4.69) is 21.2 Å². The van der Waals surface area contributed by atoms with Crippen LogP contribution >= 0.6 is 28.1 Å². The Balaban J connectivity index is 2.17. The van der Waals surface area contributed by atoms with E-state index in [1.807, 2.05) is 24.1 Å². The van der Waals surface area contributed by atoms with Crippen molar-refractivity contribution in [3.05, 3.63) is 63.9 Å². The number of nitrogens with zero attached hydrogens (tertiary/aromatic N) is 1. The molecule has 0 aromatic heterocycles. The fourth-order valence-corrected chi connectivity index (χ4v) is 3.36. The van der Waals surface area contributed by atoms with Crippen molar-refractivity contribution in [3.8, 4) is 5.75 Å². The normalized spacial score (nSPS) is 21.0. The summed E-state index contributed by atoms with van der Waals surface area (Å²) in [5.74, 6) is -0.105. The zero-order chi connectivity index (χ0) is 15.9. The third-order valence-electron chi connectivity index (χ3n) is 3.91. The highest BCUT2D eigenvalue weighted by molar-refractivity contribution is 9.10. The summed E-state index contributed by atoms with van der Waals surface area (Å²) in [5, 5.41) is 13.5. The van der Waals surface area contributed by atoms with Gasteiger partial charge in [0, 0.05) is 7.05 Å². The molecular formula is C16H14BrFN2OS. The Morgan fingerprint density at radius 1 is 1.23 bits per heavy atom. The highest BCUT2D eigenvalue weighted by atomic mass is 79.9. The molecule has 0 saturated carbocycles. The maximum absolute atomic E-state index is 13.6. The van der Waals surface area contributed by atoms with Crippen LogP contribution in [0.4, 0.5) is 4.39 Å². The monoisotopic (exact) mass is 380 g/mol. The summed E-state index contributed by atoms with van der Waals surface area (Å²) >= 11 is 8.60. The molecule has 1 aliphatic heterocycles. The van der Waals surface area contributed by atoms with Crippen LogP contribution in [0, 0.1) is 5.82 Å². The average Bonchev–Trinajstić information content (AvgIpc) is 2.79. The van der Waals surface area contributed by atoms with E-state index >= 15 is 0 Å². The number of phenolic OH excluding ortho intramolecular Hbond substituents is 1. The van der Waals surface area contributed by atoms with Crippen molar-refractivity contribution in [1.29, 1.82) is 0 Å². The van der Waals surface area contributed by atoms with Gasteiger partial charge in [-0.3, -0.25) is 0 Å². The SMILES string of the molecule is CN1CC(c2ccc(O)cc2)(c2ccc(F)c(Br)c2)NC1=S. The molecule has 1 saturated heterocycles. The van der Waals surface area contributed by atoms with Crippen molar-refractivity contribution in [2.75, 3.05) is 13.6 Å². The van der Waals surface area contributed by atoms with Crippen molar-refractivity contribution >= 4 is 33.3 Å². The highest BCUT2D eigenvalue weighted by Crippen LogP contribution is 2.36. The molecule has 3 nitrogen and oxygen atoms in total. The van der Waals surface area contributed by atoms with E-state index in [-0.39, 0.29) is 11.6 Å². The van der Waals surface area contributed by atoms with Crippen LogP contribution in [0.15, 0.2) is 46.9 Å². The van der Waals surface area contributed by atoms with Gasteiger partial charge in [-0.25, -0.2) is 4.39 Å². The highest BCUT2D eigenvalue weighted by Gasteiger charge is 2.42. The smallest absolute Gasteiger partial charge is 0.169 e. The number of phenols is 1. The van der Waals surface area contributed by atoms with Gasteiger partial charge >= 0.3 is 0 Å². The molecule has 22 heavy (non-hydrogen) atoms. The van der Waals surface area contributed by atoms with Crippen LogP contribution < -0.4 is 5.32 Å². The molecule has 1 fully saturated rings. The van der Waals surface area contributed by atoms with E-state index in [1.165, 1.54) is 6.07 Å². The third-order valence-corrected chi connectivity index (χ3v) is 4.94. The lowest BCUT2D eigenvalue weighted by atomic mass is 9.83. The molecule has 2 aromatic carbocycles. The van der Waals surface area contributed by atoms with Crippen LogP contribution in [0.3, 0.4) is 0 Å². The molecule has 2 N–H and O–H groups in total. The number of halogens is 2. The minimum atomic E-state index is -0.574. The van der Waals surface area contributed by atoms with Gasteiger partial charge in [0.2, 0.25) is 0 Å². The second-order valence-electron chi connectivity index (χ2n) is 5.37. The first-order valence-electron chi connectivity index (χ1n) is 6.71. The Bertz CT molecular complexity index is 737. The topological polar surface area (TPSA) is 35.5 Å². The first-order chi connectivity index (χ1) is 10.4.